The average molecular weight is 251 g/mol. The zero-order chi connectivity index (χ0) is 13.7. The van der Waals surface area contributed by atoms with Crippen LogP contribution in [0.25, 0.3) is 0 Å². The average Bonchev–Trinajstić information content (AvgIpc) is 2.29. The van der Waals surface area contributed by atoms with Crippen LogP contribution in [0.3, 0.4) is 0 Å². The maximum atomic E-state index is 11.7. The first kappa shape index (κ1) is 14.1. The van der Waals surface area contributed by atoms with Crippen LogP contribution in [0.1, 0.15) is 19.5 Å². The van der Waals surface area contributed by atoms with Crippen molar-refractivity contribution >= 4 is 17.6 Å². The second-order valence-corrected chi connectivity index (χ2v) is 4.37. The molecule has 0 fully saturated rings. The van der Waals surface area contributed by atoms with E-state index in [1.807, 2.05) is 13.8 Å². The molecule has 0 aliphatic carbocycles. The highest BCUT2D eigenvalue weighted by Crippen LogP contribution is 2.08. The number of nitrogens with zero attached hydrogens (tertiary/aromatic N) is 1. The van der Waals surface area contributed by atoms with Crippen LogP contribution in [0.15, 0.2) is 18.3 Å². The van der Waals surface area contributed by atoms with Gasteiger partial charge in [-0.25, -0.2) is 0 Å². The SMILES string of the molecule is CC(C)C(N)C(=O)Nc1ccc(CC(=O)O)nc1. The molecule has 0 saturated carbocycles. The zero-order valence-corrected chi connectivity index (χ0v) is 10.4. The molecule has 1 aromatic heterocycles. The van der Waals surface area contributed by atoms with Gasteiger partial charge in [-0.2, -0.15) is 0 Å². The van der Waals surface area contributed by atoms with Crippen LogP contribution >= 0.6 is 0 Å². The first-order valence-electron chi connectivity index (χ1n) is 5.63. The summed E-state index contributed by atoms with van der Waals surface area (Å²) in [7, 11) is 0. The maximum absolute atomic E-state index is 11.7. The lowest BCUT2D eigenvalue weighted by atomic mass is 10.1. The third-order valence-corrected chi connectivity index (χ3v) is 2.45. The molecule has 1 aromatic rings. The van der Waals surface area contributed by atoms with Crippen LogP contribution in [-0.4, -0.2) is 28.0 Å². The number of nitrogens with two attached hydrogens (primary N) is 1. The molecule has 0 saturated heterocycles. The van der Waals surface area contributed by atoms with Gasteiger partial charge in [0, 0.05) is 0 Å². The topological polar surface area (TPSA) is 105 Å². The Bertz CT molecular complexity index is 429. The van der Waals surface area contributed by atoms with Crippen molar-refractivity contribution in [2.24, 2.45) is 11.7 Å². The number of amides is 1. The number of carbonyl (C=O) groups excluding carboxylic acids is 1. The quantitative estimate of drug-likeness (QED) is 0.711. The number of hydrogen-bond donors (Lipinski definition) is 3. The molecule has 0 radical (unpaired) electrons. The van der Waals surface area contributed by atoms with Crippen molar-refractivity contribution in [3.63, 3.8) is 0 Å². The molecular formula is C12H17N3O3. The van der Waals surface area contributed by atoms with Gasteiger partial charge < -0.3 is 16.2 Å². The van der Waals surface area contributed by atoms with E-state index in [9.17, 15) is 9.59 Å². The Kier molecular flexibility index (Phi) is 4.79. The van der Waals surface area contributed by atoms with Crippen LogP contribution in [0.4, 0.5) is 5.69 Å². The highest BCUT2D eigenvalue weighted by atomic mass is 16.4. The molecule has 1 rings (SSSR count). The van der Waals surface area contributed by atoms with E-state index >= 15 is 0 Å². The van der Waals surface area contributed by atoms with E-state index in [1.165, 1.54) is 6.20 Å². The number of aromatic nitrogens is 1. The van der Waals surface area contributed by atoms with E-state index in [4.69, 9.17) is 10.8 Å². The van der Waals surface area contributed by atoms with Crippen molar-refractivity contribution in [3.05, 3.63) is 24.0 Å². The first-order chi connectivity index (χ1) is 8.40. The van der Waals surface area contributed by atoms with Gasteiger partial charge in [-0.1, -0.05) is 13.8 Å². The summed E-state index contributed by atoms with van der Waals surface area (Å²) in [6.07, 6.45) is 1.28. The Morgan fingerprint density at radius 2 is 2.11 bits per heavy atom. The Morgan fingerprint density at radius 1 is 1.44 bits per heavy atom. The van der Waals surface area contributed by atoms with Crippen LogP contribution in [0.2, 0.25) is 0 Å². The summed E-state index contributed by atoms with van der Waals surface area (Å²) in [5.41, 5.74) is 6.64. The number of aliphatic carboxylic acids is 1. The van der Waals surface area contributed by atoms with E-state index < -0.39 is 12.0 Å². The Hall–Kier alpha value is -1.95. The minimum atomic E-state index is -0.943. The van der Waals surface area contributed by atoms with Crippen molar-refractivity contribution in [2.45, 2.75) is 26.3 Å². The van der Waals surface area contributed by atoms with E-state index in [0.717, 1.165) is 0 Å². The van der Waals surface area contributed by atoms with Crippen LogP contribution in [-0.2, 0) is 16.0 Å². The summed E-state index contributed by atoms with van der Waals surface area (Å²) in [6.45, 7) is 3.72. The number of hydrogen-bond acceptors (Lipinski definition) is 4. The number of carbonyl (C=O) groups is 2. The molecule has 1 atom stereocenters. The smallest absolute Gasteiger partial charge is 0.309 e. The van der Waals surface area contributed by atoms with Gasteiger partial charge in [0.05, 0.1) is 30.0 Å². The number of anilines is 1. The van der Waals surface area contributed by atoms with E-state index in [0.29, 0.717) is 11.4 Å². The Morgan fingerprint density at radius 3 is 2.56 bits per heavy atom. The minimum Gasteiger partial charge on any atom is -0.481 e. The van der Waals surface area contributed by atoms with Gasteiger partial charge in [0.15, 0.2) is 0 Å². The maximum Gasteiger partial charge on any atom is 0.309 e. The van der Waals surface area contributed by atoms with Gasteiger partial charge in [0.2, 0.25) is 5.91 Å². The van der Waals surface area contributed by atoms with E-state index in [1.54, 1.807) is 12.1 Å². The first-order valence-corrected chi connectivity index (χ1v) is 5.63. The molecule has 1 unspecified atom stereocenters. The normalized spacial score (nSPS) is 12.2. The molecular weight excluding hydrogens is 234 g/mol. The molecule has 4 N–H and O–H groups in total. The van der Waals surface area contributed by atoms with Crippen molar-refractivity contribution in [3.8, 4) is 0 Å². The summed E-state index contributed by atoms with van der Waals surface area (Å²) in [6, 6.07) is 2.59. The molecule has 1 heterocycles. The van der Waals surface area contributed by atoms with Crippen molar-refractivity contribution in [1.29, 1.82) is 0 Å². The zero-order valence-electron chi connectivity index (χ0n) is 10.4. The van der Waals surface area contributed by atoms with Gasteiger partial charge in [-0.3, -0.25) is 14.6 Å². The largest absolute Gasteiger partial charge is 0.481 e. The van der Waals surface area contributed by atoms with Crippen LogP contribution in [0, 0.1) is 5.92 Å². The standard InChI is InChI=1S/C12H17N3O3/c1-7(2)11(13)12(18)15-9-4-3-8(14-6-9)5-10(16)17/h3-4,6-7,11H,5,13H2,1-2H3,(H,15,18)(H,16,17). The lowest BCUT2D eigenvalue weighted by Gasteiger charge is -2.15. The summed E-state index contributed by atoms with van der Waals surface area (Å²) in [5.74, 6) is -1.18. The molecule has 6 nitrogen and oxygen atoms in total. The fraction of sp³-hybridized carbons (Fsp3) is 0.417. The minimum absolute atomic E-state index is 0.0456. The number of pyridine rings is 1. The lowest BCUT2D eigenvalue weighted by Crippen LogP contribution is -2.39. The second-order valence-electron chi connectivity index (χ2n) is 4.37. The number of rotatable bonds is 5. The third-order valence-electron chi connectivity index (χ3n) is 2.45. The highest BCUT2D eigenvalue weighted by molar-refractivity contribution is 5.94. The predicted molar refractivity (Wildman–Crippen MR) is 67.0 cm³/mol. The van der Waals surface area contributed by atoms with Gasteiger partial charge >= 0.3 is 5.97 Å². The summed E-state index contributed by atoms with van der Waals surface area (Å²) in [4.78, 5) is 26.1. The Balaban J connectivity index is 2.63. The Labute approximate surface area is 105 Å². The fourth-order valence-corrected chi connectivity index (χ4v) is 1.29. The lowest BCUT2D eigenvalue weighted by molar-refractivity contribution is -0.136. The monoisotopic (exact) mass is 251 g/mol. The molecule has 0 aliphatic heterocycles. The highest BCUT2D eigenvalue weighted by Gasteiger charge is 2.17. The molecule has 0 aliphatic rings. The summed E-state index contributed by atoms with van der Waals surface area (Å²) in [5, 5.41) is 11.2. The molecule has 0 spiro atoms. The molecule has 1 amide bonds. The molecule has 0 aromatic carbocycles. The summed E-state index contributed by atoms with van der Waals surface area (Å²) < 4.78 is 0. The van der Waals surface area contributed by atoms with Crippen molar-refractivity contribution in [2.75, 3.05) is 5.32 Å². The van der Waals surface area contributed by atoms with Gasteiger partial charge in [-0.05, 0) is 18.1 Å². The predicted octanol–water partition coefficient (Wildman–Crippen LogP) is 0.630. The second kappa shape index (κ2) is 6.11. The number of nitrogens with one attached hydrogen (secondary N) is 1. The van der Waals surface area contributed by atoms with E-state index in [2.05, 4.69) is 10.3 Å². The van der Waals surface area contributed by atoms with Crippen molar-refractivity contribution in [1.82, 2.24) is 4.98 Å². The van der Waals surface area contributed by atoms with Crippen molar-refractivity contribution < 1.29 is 14.7 Å². The molecule has 6 heteroatoms. The van der Waals surface area contributed by atoms with Crippen LogP contribution in [0.5, 0.6) is 0 Å². The van der Waals surface area contributed by atoms with Gasteiger partial charge in [0.1, 0.15) is 0 Å². The third kappa shape index (κ3) is 4.14. The summed E-state index contributed by atoms with van der Waals surface area (Å²) >= 11 is 0. The van der Waals surface area contributed by atoms with Crippen LogP contribution < -0.4 is 11.1 Å². The fourth-order valence-electron chi connectivity index (χ4n) is 1.29. The van der Waals surface area contributed by atoms with Gasteiger partial charge in [-0.15, -0.1) is 0 Å². The van der Waals surface area contributed by atoms with E-state index in [-0.39, 0.29) is 18.2 Å². The number of carboxylic acids is 1. The number of carboxylic acid groups (broad SMARTS) is 1. The van der Waals surface area contributed by atoms with Gasteiger partial charge in [0.25, 0.3) is 0 Å². The molecule has 18 heavy (non-hydrogen) atoms. The molecule has 0 bridgehead atoms. The molecule has 98 valence electrons.